The topological polar surface area (TPSA) is 216 Å². The van der Waals surface area contributed by atoms with Crippen LogP contribution < -0.4 is 0 Å². The Bertz CT molecular complexity index is 478. The number of carboxylic acids is 5. The standard InChI is InChI=1S/C10H12O12/c11-3(12)1-10(9(20)21,2-4(13)14)22-6(8(18)19)5(15)7(16)17/h5-6,15H,1-2H2,(H,11,12)(H,13,14)(H,16,17)(H,18,19)(H,20,21). The van der Waals surface area contributed by atoms with Gasteiger partial charge in [-0.1, -0.05) is 0 Å². The van der Waals surface area contributed by atoms with Gasteiger partial charge < -0.3 is 35.4 Å². The van der Waals surface area contributed by atoms with Gasteiger partial charge in [0.25, 0.3) is 0 Å². The zero-order chi connectivity index (χ0) is 17.7. The Kier molecular flexibility index (Phi) is 6.42. The first-order valence-electron chi connectivity index (χ1n) is 5.41. The molecule has 2 atom stereocenters. The molecule has 0 radical (unpaired) electrons. The summed E-state index contributed by atoms with van der Waals surface area (Å²) in [7, 11) is 0. The van der Waals surface area contributed by atoms with Gasteiger partial charge in [0.15, 0.2) is 17.8 Å². The smallest absolute Gasteiger partial charge is 0.337 e. The van der Waals surface area contributed by atoms with Crippen molar-refractivity contribution in [1.82, 2.24) is 0 Å². The number of ether oxygens (including phenoxy) is 1. The summed E-state index contributed by atoms with van der Waals surface area (Å²) in [5, 5.41) is 52.8. The maximum atomic E-state index is 11.2. The SMILES string of the molecule is O=C(O)CC(CC(=O)O)(OC(C(=O)O)C(O)C(=O)O)C(=O)O. The quantitative estimate of drug-likeness (QED) is 0.249. The molecule has 6 N–H and O–H groups in total. The molecule has 0 fully saturated rings. The first kappa shape index (κ1) is 19.3. The van der Waals surface area contributed by atoms with E-state index in [0.717, 1.165) is 0 Å². The number of hydrogen-bond acceptors (Lipinski definition) is 7. The summed E-state index contributed by atoms with van der Waals surface area (Å²) in [5.74, 6) is -10.0. The molecule has 2 unspecified atom stereocenters. The fourth-order valence-corrected chi connectivity index (χ4v) is 1.46. The molecule has 22 heavy (non-hydrogen) atoms. The number of aliphatic hydroxyl groups is 1. The lowest BCUT2D eigenvalue weighted by Gasteiger charge is -2.30. The molecule has 0 bridgehead atoms. The monoisotopic (exact) mass is 324 g/mol. The largest absolute Gasteiger partial charge is 0.481 e. The summed E-state index contributed by atoms with van der Waals surface area (Å²) in [4.78, 5) is 54.0. The molecule has 0 amide bonds. The van der Waals surface area contributed by atoms with Gasteiger partial charge in [0, 0.05) is 0 Å². The van der Waals surface area contributed by atoms with Crippen molar-refractivity contribution < 1.29 is 59.3 Å². The second-order valence-corrected chi connectivity index (χ2v) is 4.10. The van der Waals surface area contributed by atoms with Gasteiger partial charge in [-0.25, -0.2) is 14.4 Å². The predicted molar refractivity (Wildman–Crippen MR) is 61.0 cm³/mol. The van der Waals surface area contributed by atoms with Gasteiger partial charge in [0.05, 0.1) is 12.8 Å². The maximum Gasteiger partial charge on any atom is 0.337 e. The second kappa shape index (κ2) is 7.33. The summed E-state index contributed by atoms with van der Waals surface area (Å²) in [5.41, 5.74) is -3.07. The van der Waals surface area contributed by atoms with Crippen LogP contribution in [-0.2, 0) is 28.7 Å². The van der Waals surface area contributed by atoms with E-state index in [1.165, 1.54) is 0 Å². The van der Waals surface area contributed by atoms with Gasteiger partial charge in [0.2, 0.25) is 0 Å². The van der Waals surface area contributed by atoms with Crippen molar-refractivity contribution in [2.45, 2.75) is 30.7 Å². The van der Waals surface area contributed by atoms with Crippen LogP contribution in [0.5, 0.6) is 0 Å². The number of carbonyl (C=O) groups is 5. The zero-order valence-corrected chi connectivity index (χ0v) is 10.7. The van der Waals surface area contributed by atoms with E-state index < -0.39 is 60.5 Å². The molecule has 124 valence electrons. The Morgan fingerprint density at radius 3 is 1.45 bits per heavy atom. The van der Waals surface area contributed by atoms with Crippen molar-refractivity contribution in [3.8, 4) is 0 Å². The molecular formula is C10H12O12. The molecular weight excluding hydrogens is 312 g/mol. The summed E-state index contributed by atoms with van der Waals surface area (Å²) in [6.45, 7) is 0. The summed E-state index contributed by atoms with van der Waals surface area (Å²) in [6, 6.07) is 0. The highest BCUT2D eigenvalue weighted by molar-refractivity contribution is 5.89. The van der Waals surface area contributed by atoms with Crippen LogP contribution in [0.1, 0.15) is 12.8 Å². The first-order valence-corrected chi connectivity index (χ1v) is 5.41. The van der Waals surface area contributed by atoms with Crippen molar-refractivity contribution in [3.05, 3.63) is 0 Å². The average Bonchev–Trinajstić information content (AvgIpc) is 2.32. The van der Waals surface area contributed by atoms with Gasteiger partial charge in [0.1, 0.15) is 0 Å². The van der Waals surface area contributed by atoms with E-state index in [0.29, 0.717) is 0 Å². The normalized spacial score (nSPS) is 13.9. The molecule has 0 heterocycles. The van der Waals surface area contributed by atoms with Gasteiger partial charge >= 0.3 is 29.8 Å². The van der Waals surface area contributed by atoms with E-state index in [9.17, 15) is 29.1 Å². The van der Waals surface area contributed by atoms with Crippen molar-refractivity contribution in [3.63, 3.8) is 0 Å². The van der Waals surface area contributed by atoms with Crippen molar-refractivity contribution in [1.29, 1.82) is 0 Å². The Balaban J connectivity index is 5.78. The third-order valence-corrected chi connectivity index (χ3v) is 2.40. The Morgan fingerprint density at radius 2 is 1.23 bits per heavy atom. The van der Waals surface area contributed by atoms with Crippen LogP contribution in [0.4, 0.5) is 0 Å². The molecule has 0 aromatic rings. The van der Waals surface area contributed by atoms with Gasteiger partial charge in [-0.05, 0) is 0 Å². The Morgan fingerprint density at radius 1 is 0.818 bits per heavy atom. The van der Waals surface area contributed by atoms with Crippen LogP contribution in [0.15, 0.2) is 0 Å². The van der Waals surface area contributed by atoms with E-state index in [1.807, 2.05) is 0 Å². The predicted octanol–water partition coefficient (Wildman–Crippen LogP) is -2.33. The average molecular weight is 324 g/mol. The van der Waals surface area contributed by atoms with Crippen LogP contribution in [0.25, 0.3) is 0 Å². The number of rotatable bonds is 10. The van der Waals surface area contributed by atoms with E-state index >= 15 is 0 Å². The fourth-order valence-electron chi connectivity index (χ4n) is 1.46. The van der Waals surface area contributed by atoms with Gasteiger partial charge in [-0.15, -0.1) is 0 Å². The highest BCUT2D eigenvalue weighted by atomic mass is 16.6. The lowest BCUT2D eigenvalue weighted by Crippen LogP contribution is -2.53. The van der Waals surface area contributed by atoms with E-state index in [2.05, 4.69) is 4.74 Å². The van der Waals surface area contributed by atoms with Crippen LogP contribution in [0, 0.1) is 0 Å². The number of aliphatic hydroxyl groups excluding tert-OH is 1. The lowest BCUT2D eigenvalue weighted by atomic mass is 9.94. The summed E-state index contributed by atoms with van der Waals surface area (Å²) >= 11 is 0. The number of hydrogen-bond donors (Lipinski definition) is 6. The Hall–Kier alpha value is -2.73. The molecule has 0 spiro atoms. The zero-order valence-electron chi connectivity index (χ0n) is 10.7. The third kappa shape index (κ3) is 4.99. The molecule has 12 nitrogen and oxygen atoms in total. The lowest BCUT2D eigenvalue weighted by molar-refractivity contribution is -0.204. The summed E-state index contributed by atoms with van der Waals surface area (Å²) in [6.07, 6.45) is -8.36. The number of carboxylic acid groups (broad SMARTS) is 5. The first-order chi connectivity index (χ1) is 9.92. The van der Waals surface area contributed by atoms with E-state index in [1.54, 1.807) is 0 Å². The minimum atomic E-state index is -3.07. The highest BCUT2D eigenvalue weighted by Crippen LogP contribution is 2.25. The van der Waals surface area contributed by atoms with Crippen LogP contribution >= 0.6 is 0 Å². The Labute approximate surface area is 121 Å². The molecule has 0 saturated heterocycles. The van der Waals surface area contributed by atoms with Gasteiger partial charge in [-0.2, -0.15) is 0 Å². The molecule has 0 rings (SSSR count). The summed E-state index contributed by atoms with van der Waals surface area (Å²) < 4.78 is 4.41. The highest BCUT2D eigenvalue weighted by Gasteiger charge is 2.50. The van der Waals surface area contributed by atoms with Crippen LogP contribution in [-0.4, -0.2) is 78.3 Å². The van der Waals surface area contributed by atoms with Crippen LogP contribution in [0.3, 0.4) is 0 Å². The van der Waals surface area contributed by atoms with Crippen molar-refractivity contribution in [2.24, 2.45) is 0 Å². The molecule has 12 heteroatoms. The minimum Gasteiger partial charge on any atom is -0.481 e. The molecule has 0 aliphatic heterocycles. The molecule has 0 aliphatic carbocycles. The third-order valence-electron chi connectivity index (χ3n) is 2.40. The van der Waals surface area contributed by atoms with Crippen molar-refractivity contribution >= 4 is 29.8 Å². The van der Waals surface area contributed by atoms with E-state index in [-0.39, 0.29) is 0 Å². The molecule has 0 aromatic heterocycles. The van der Waals surface area contributed by atoms with Crippen LogP contribution in [0.2, 0.25) is 0 Å². The second-order valence-electron chi connectivity index (χ2n) is 4.10. The number of aliphatic carboxylic acids is 5. The van der Waals surface area contributed by atoms with Crippen molar-refractivity contribution in [2.75, 3.05) is 0 Å². The molecule has 0 saturated carbocycles. The molecule has 0 aliphatic rings. The molecule has 0 aromatic carbocycles. The maximum absolute atomic E-state index is 11.2. The van der Waals surface area contributed by atoms with E-state index in [4.69, 9.17) is 25.5 Å². The van der Waals surface area contributed by atoms with Gasteiger partial charge in [-0.3, -0.25) is 9.59 Å². The fraction of sp³-hybridized carbons (Fsp3) is 0.500. The minimum absolute atomic E-state index is 1.47.